The van der Waals surface area contributed by atoms with Crippen LogP contribution < -0.4 is 20.1 Å². The summed E-state index contributed by atoms with van der Waals surface area (Å²) in [5.41, 5.74) is 3.34. The Kier molecular flexibility index (Phi) is 7.87. The van der Waals surface area contributed by atoms with Crippen molar-refractivity contribution in [3.8, 4) is 11.5 Å². The molecule has 2 aromatic carbocycles. The molecule has 14 heteroatoms. The van der Waals surface area contributed by atoms with Crippen LogP contribution in [0.15, 0.2) is 61.2 Å². The molecule has 43 heavy (non-hydrogen) atoms. The van der Waals surface area contributed by atoms with Crippen LogP contribution in [0, 0.1) is 0 Å². The maximum Gasteiger partial charge on any atom is 0.244 e. The Balaban J connectivity index is 1.22. The number of aromatic amines is 1. The summed E-state index contributed by atoms with van der Waals surface area (Å²) in [7, 11) is 3.08. The fraction of sp³-hybridized carbons (Fsp3) is 0.276. The third kappa shape index (κ3) is 5.70. The number of aromatic nitrogens is 6. The van der Waals surface area contributed by atoms with Gasteiger partial charge >= 0.3 is 0 Å². The van der Waals surface area contributed by atoms with Gasteiger partial charge in [-0.2, -0.15) is 0 Å². The molecule has 5 N–H and O–H groups in total. The Morgan fingerprint density at radius 3 is 2.67 bits per heavy atom. The second kappa shape index (κ2) is 12.1. The molecule has 1 aliphatic heterocycles. The summed E-state index contributed by atoms with van der Waals surface area (Å²) in [6.45, 7) is -0.0849. The van der Waals surface area contributed by atoms with Gasteiger partial charge < -0.3 is 40.0 Å². The van der Waals surface area contributed by atoms with Crippen molar-refractivity contribution < 1.29 is 29.2 Å². The third-order valence-corrected chi connectivity index (χ3v) is 7.15. The Morgan fingerprint density at radius 2 is 1.93 bits per heavy atom. The molecular weight excluding hydrogens is 556 g/mol. The van der Waals surface area contributed by atoms with Crippen LogP contribution in [-0.2, 0) is 16.1 Å². The van der Waals surface area contributed by atoms with E-state index in [0.29, 0.717) is 40.6 Å². The Morgan fingerprint density at radius 1 is 1.14 bits per heavy atom. The molecule has 3 aromatic heterocycles. The zero-order valence-electron chi connectivity index (χ0n) is 23.3. The number of fused-ring (bicyclic) bond motifs is 2. The molecule has 1 saturated heterocycles. The van der Waals surface area contributed by atoms with Crippen molar-refractivity contribution in [1.29, 1.82) is 0 Å². The molecule has 0 saturated carbocycles. The molecule has 1 amide bonds. The molecule has 222 valence electrons. The van der Waals surface area contributed by atoms with Crippen molar-refractivity contribution in [2.45, 2.75) is 31.0 Å². The number of nitrogens with zero attached hydrogens (tertiary/aromatic N) is 5. The summed E-state index contributed by atoms with van der Waals surface area (Å²) in [5, 5.41) is 26.8. The van der Waals surface area contributed by atoms with Gasteiger partial charge in [0.2, 0.25) is 5.91 Å². The minimum atomic E-state index is -1.20. The molecule has 1 aliphatic rings. The molecule has 4 atom stereocenters. The van der Waals surface area contributed by atoms with Crippen LogP contribution in [0.3, 0.4) is 0 Å². The summed E-state index contributed by atoms with van der Waals surface area (Å²) in [4.78, 5) is 34.0. The first-order valence-corrected chi connectivity index (χ1v) is 13.5. The van der Waals surface area contributed by atoms with Gasteiger partial charge in [-0.05, 0) is 35.9 Å². The van der Waals surface area contributed by atoms with Crippen LogP contribution in [0.4, 0.5) is 5.82 Å². The fourth-order valence-corrected chi connectivity index (χ4v) is 5.02. The van der Waals surface area contributed by atoms with Crippen molar-refractivity contribution in [2.24, 2.45) is 0 Å². The van der Waals surface area contributed by atoms with E-state index in [-0.39, 0.29) is 0 Å². The van der Waals surface area contributed by atoms with Crippen molar-refractivity contribution in [3.63, 3.8) is 0 Å². The standard InChI is InChI=1S/C29H30N8O6/c1-41-17-9-16(10-18(11-17)42-2)7-8-23(39)36-24-26(40)21(13-38)43-29(24)37-15-33-25-27(31-14-32-28(25)37)30-12-22-34-19-5-3-4-6-20(19)35-22/h3-11,14-15,21,24,26,29,38,40H,12-13H2,1-2H3,(H,34,35)(H,36,39)(H,30,31,32)/b8-7+/t21-,24-,26-,29-/m1/s1. The van der Waals surface area contributed by atoms with Crippen LogP contribution in [0.5, 0.6) is 11.5 Å². The minimum absolute atomic E-state index is 0.364. The number of imidazole rings is 2. The van der Waals surface area contributed by atoms with E-state index < -0.39 is 37.0 Å². The predicted molar refractivity (Wildman–Crippen MR) is 156 cm³/mol. The molecular formula is C29H30N8O6. The van der Waals surface area contributed by atoms with Gasteiger partial charge in [-0.15, -0.1) is 0 Å². The van der Waals surface area contributed by atoms with Crippen LogP contribution in [0.2, 0.25) is 0 Å². The Bertz CT molecular complexity index is 1730. The normalized spacial score (nSPS) is 20.2. The number of amides is 1. The minimum Gasteiger partial charge on any atom is -0.497 e. The summed E-state index contributed by atoms with van der Waals surface area (Å²) < 4.78 is 18.1. The number of methoxy groups -OCH3 is 2. The Labute approximate surface area is 245 Å². The molecule has 0 radical (unpaired) electrons. The lowest BCUT2D eigenvalue weighted by molar-refractivity contribution is -0.118. The van der Waals surface area contributed by atoms with Gasteiger partial charge in [-0.1, -0.05) is 12.1 Å². The number of carbonyl (C=O) groups excluding carboxylic acids is 1. The lowest BCUT2D eigenvalue weighted by Gasteiger charge is -2.22. The number of hydrogen-bond acceptors (Lipinski definition) is 11. The average molecular weight is 587 g/mol. The molecule has 0 bridgehead atoms. The van der Waals surface area contributed by atoms with Gasteiger partial charge in [-0.25, -0.2) is 19.9 Å². The maximum absolute atomic E-state index is 13.0. The first kappa shape index (κ1) is 28.1. The van der Waals surface area contributed by atoms with Gasteiger partial charge in [0, 0.05) is 12.1 Å². The number of aliphatic hydroxyl groups excluding tert-OH is 2. The van der Waals surface area contributed by atoms with E-state index >= 15 is 0 Å². The molecule has 0 aliphatic carbocycles. The first-order chi connectivity index (χ1) is 21.0. The fourth-order valence-electron chi connectivity index (χ4n) is 5.02. The first-order valence-electron chi connectivity index (χ1n) is 13.5. The third-order valence-electron chi connectivity index (χ3n) is 7.15. The number of carbonyl (C=O) groups is 1. The van der Waals surface area contributed by atoms with E-state index in [1.807, 2.05) is 24.3 Å². The number of anilines is 1. The predicted octanol–water partition coefficient (Wildman–Crippen LogP) is 1.78. The molecule has 14 nitrogen and oxygen atoms in total. The van der Waals surface area contributed by atoms with Gasteiger partial charge in [0.1, 0.15) is 41.9 Å². The highest BCUT2D eigenvalue weighted by Gasteiger charge is 2.45. The highest BCUT2D eigenvalue weighted by atomic mass is 16.5. The second-order valence-corrected chi connectivity index (χ2v) is 9.85. The van der Waals surface area contributed by atoms with Crippen molar-refractivity contribution in [3.05, 3.63) is 72.6 Å². The zero-order valence-corrected chi connectivity index (χ0v) is 23.3. The molecule has 5 aromatic rings. The number of ether oxygens (including phenoxy) is 3. The van der Waals surface area contributed by atoms with E-state index in [1.165, 1.54) is 18.7 Å². The van der Waals surface area contributed by atoms with Gasteiger partial charge in [0.25, 0.3) is 0 Å². The lowest BCUT2D eigenvalue weighted by Crippen LogP contribution is -2.46. The van der Waals surface area contributed by atoms with Gasteiger partial charge in [0.15, 0.2) is 23.2 Å². The molecule has 4 heterocycles. The highest BCUT2D eigenvalue weighted by molar-refractivity contribution is 5.92. The Hall–Kier alpha value is -5.05. The van der Waals surface area contributed by atoms with Crippen molar-refractivity contribution >= 4 is 40.0 Å². The summed E-state index contributed by atoms with van der Waals surface area (Å²) in [5.74, 6) is 1.86. The quantitative estimate of drug-likeness (QED) is 0.150. The maximum atomic E-state index is 13.0. The topological polar surface area (TPSA) is 182 Å². The SMILES string of the molecule is COc1cc(/C=C/C(=O)N[C@@H]2[C@H](O)[C@@H](CO)O[C@H]2n2cnc3c(NCc4nc5ccccc5[nH]4)ncnc32)cc(OC)c1. The molecule has 1 fully saturated rings. The number of benzene rings is 2. The van der Waals surface area contributed by atoms with Gasteiger partial charge in [-0.3, -0.25) is 9.36 Å². The molecule has 0 unspecified atom stereocenters. The molecule has 6 rings (SSSR count). The van der Waals surface area contributed by atoms with Crippen LogP contribution in [-0.4, -0.2) is 84.7 Å². The van der Waals surface area contributed by atoms with E-state index in [4.69, 9.17) is 14.2 Å². The van der Waals surface area contributed by atoms with E-state index in [9.17, 15) is 15.0 Å². The second-order valence-electron chi connectivity index (χ2n) is 9.85. The van der Waals surface area contributed by atoms with Gasteiger partial charge in [0.05, 0.1) is 44.7 Å². The van der Waals surface area contributed by atoms with Crippen LogP contribution in [0.25, 0.3) is 28.3 Å². The van der Waals surface area contributed by atoms with Crippen molar-refractivity contribution in [1.82, 2.24) is 34.8 Å². The largest absolute Gasteiger partial charge is 0.497 e. The highest BCUT2D eigenvalue weighted by Crippen LogP contribution is 2.32. The summed E-state index contributed by atoms with van der Waals surface area (Å²) >= 11 is 0. The summed E-state index contributed by atoms with van der Waals surface area (Å²) in [6.07, 6.45) is 2.76. The number of para-hydroxylation sites is 2. The number of hydrogen-bond donors (Lipinski definition) is 5. The molecule has 0 spiro atoms. The van der Waals surface area contributed by atoms with Crippen LogP contribution >= 0.6 is 0 Å². The monoisotopic (exact) mass is 586 g/mol. The van der Waals surface area contributed by atoms with E-state index in [0.717, 1.165) is 16.9 Å². The number of nitrogens with one attached hydrogen (secondary N) is 3. The van der Waals surface area contributed by atoms with E-state index in [1.54, 1.807) is 43.1 Å². The van der Waals surface area contributed by atoms with E-state index in [2.05, 4.69) is 35.6 Å². The summed E-state index contributed by atoms with van der Waals surface area (Å²) in [6, 6.07) is 12.0. The smallest absolute Gasteiger partial charge is 0.244 e. The number of H-pyrrole nitrogens is 1. The number of aliphatic hydroxyl groups is 2. The number of rotatable bonds is 10. The van der Waals surface area contributed by atoms with Crippen molar-refractivity contribution in [2.75, 3.05) is 26.1 Å². The van der Waals surface area contributed by atoms with Crippen LogP contribution in [0.1, 0.15) is 17.6 Å². The zero-order chi connectivity index (χ0) is 29.9. The lowest BCUT2D eigenvalue weighted by atomic mass is 10.1. The average Bonchev–Trinajstić information content (AvgIpc) is 3.74.